The van der Waals surface area contributed by atoms with Crippen LogP contribution in [0.4, 0.5) is 11.4 Å². The number of aromatic nitrogens is 2. The van der Waals surface area contributed by atoms with Crippen molar-refractivity contribution in [2.45, 2.75) is 6.61 Å². The van der Waals surface area contributed by atoms with Gasteiger partial charge in [-0.15, -0.1) is 0 Å². The molecular formula is C12H14N4O4. The van der Waals surface area contributed by atoms with Crippen LogP contribution in [-0.4, -0.2) is 21.4 Å². The Kier molecular flexibility index (Phi) is 3.57. The summed E-state index contributed by atoms with van der Waals surface area (Å²) in [6.07, 6.45) is 0. The Morgan fingerprint density at radius 3 is 2.75 bits per heavy atom. The summed E-state index contributed by atoms with van der Waals surface area (Å²) in [6, 6.07) is 5.79. The molecule has 2 rings (SSSR count). The van der Waals surface area contributed by atoms with Gasteiger partial charge in [0, 0.05) is 26.3 Å². The zero-order valence-electron chi connectivity index (χ0n) is 11.1. The lowest BCUT2D eigenvalue weighted by molar-refractivity contribution is -0.384. The molecule has 0 saturated heterocycles. The van der Waals surface area contributed by atoms with Gasteiger partial charge < -0.3 is 10.5 Å². The lowest BCUT2D eigenvalue weighted by Crippen LogP contribution is -2.20. The second-order valence-electron chi connectivity index (χ2n) is 4.21. The highest BCUT2D eigenvalue weighted by atomic mass is 16.6. The summed E-state index contributed by atoms with van der Waals surface area (Å²) in [5, 5.41) is 10.8. The quantitative estimate of drug-likeness (QED) is 0.658. The van der Waals surface area contributed by atoms with Crippen LogP contribution >= 0.6 is 0 Å². The second kappa shape index (κ2) is 5.17. The van der Waals surface area contributed by atoms with Crippen LogP contribution in [-0.2, 0) is 18.4 Å². The molecule has 8 heteroatoms. The number of non-ortho nitro benzene ring substituents is 1. The number of nitro benzene ring substituents is 1. The summed E-state index contributed by atoms with van der Waals surface area (Å²) in [5.74, 6) is 0. The number of hydrogen-bond acceptors (Lipinski definition) is 5. The van der Waals surface area contributed by atoms with E-state index in [1.807, 2.05) is 0 Å². The van der Waals surface area contributed by atoms with Gasteiger partial charge in [-0.25, -0.2) is 4.68 Å². The standard InChI is InChI=1S/C12H14N4O4/c1-14-10(7-20-2)11(13)12(17)15(14)8-4-3-5-9(6-8)16(18)19/h3-6H,7,13H2,1-2H3. The van der Waals surface area contributed by atoms with Crippen LogP contribution in [0.3, 0.4) is 0 Å². The first-order valence-electron chi connectivity index (χ1n) is 5.77. The van der Waals surface area contributed by atoms with Crippen LogP contribution in [0.5, 0.6) is 0 Å². The lowest BCUT2D eigenvalue weighted by atomic mass is 10.3. The largest absolute Gasteiger partial charge is 0.393 e. The fourth-order valence-electron chi connectivity index (χ4n) is 2.01. The fourth-order valence-corrected chi connectivity index (χ4v) is 2.01. The summed E-state index contributed by atoms with van der Waals surface area (Å²) in [6.45, 7) is 0.180. The number of hydrogen-bond donors (Lipinski definition) is 1. The van der Waals surface area contributed by atoms with Crippen molar-refractivity contribution in [3.05, 3.63) is 50.4 Å². The molecule has 2 N–H and O–H groups in total. The normalized spacial score (nSPS) is 10.7. The fraction of sp³-hybridized carbons (Fsp3) is 0.250. The molecule has 1 aromatic carbocycles. The molecule has 2 aromatic rings. The highest BCUT2D eigenvalue weighted by Crippen LogP contribution is 2.18. The molecule has 1 aromatic heterocycles. The van der Waals surface area contributed by atoms with E-state index in [1.165, 1.54) is 34.7 Å². The maximum atomic E-state index is 12.2. The van der Waals surface area contributed by atoms with Gasteiger partial charge in [-0.3, -0.25) is 19.6 Å². The van der Waals surface area contributed by atoms with Crippen LogP contribution in [0.2, 0.25) is 0 Å². The predicted molar refractivity (Wildman–Crippen MR) is 72.8 cm³/mol. The van der Waals surface area contributed by atoms with E-state index in [2.05, 4.69) is 0 Å². The van der Waals surface area contributed by atoms with Gasteiger partial charge >= 0.3 is 0 Å². The third kappa shape index (κ3) is 2.16. The Hall–Kier alpha value is -2.61. The molecule has 0 aliphatic heterocycles. The Morgan fingerprint density at radius 1 is 1.45 bits per heavy atom. The van der Waals surface area contributed by atoms with Crippen LogP contribution in [0.15, 0.2) is 29.1 Å². The number of ether oxygens (including phenoxy) is 1. The van der Waals surface area contributed by atoms with Gasteiger partial charge in [0.25, 0.3) is 11.2 Å². The van der Waals surface area contributed by atoms with Crippen molar-refractivity contribution >= 4 is 11.4 Å². The van der Waals surface area contributed by atoms with Gasteiger partial charge in [0.15, 0.2) is 0 Å². The summed E-state index contributed by atoms with van der Waals surface area (Å²) < 4.78 is 7.80. The van der Waals surface area contributed by atoms with Gasteiger partial charge in [0.1, 0.15) is 5.69 Å². The van der Waals surface area contributed by atoms with Gasteiger partial charge in [-0.1, -0.05) is 6.07 Å². The van der Waals surface area contributed by atoms with Crippen molar-refractivity contribution in [1.82, 2.24) is 9.36 Å². The van der Waals surface area contributed by atoms with Crippen LogP contribution in [0.1, 0.15) is 5.69 Å². The van der Waals surface area contributed by atoms with Crippen LogP contribution < -0.4 is 11.3 Å². The van der Waals surface area contributed by atoms with Crippen molar-refractivity contribution in [2.24, 2.45) is 7.05 Å². The molecule has 0 amide bonds. The summed E-state index contributed by atoms with van der Waals surface area (Å²) >= 11 is 0. The molecule has 8 nitrogen and oxygen atoms in total. The maximum absolute atomic E-state index is 12.2. The van der Waals surface area contributed by atoms with Gasteiger partial charge in [-0.05, 0) is 6.07 Å². The highest BCUT2D eigenvalue weighted by molar-refractivity contribution is 5.48. The van der Waals surface area contributed by atoms with E-state index in [-0.39, 0.29) is 18.0 Å². The summed E-state index contributed by atoms with van der Waals surface area (Å²) in [5.41, 5.74) is 6.20. The van der Waals surface area contributed by atoms with E-state index in [1.54, 1.807) is 13.1 Å². The minimum absolute atomic E-state index is 0.0702. The Morgan fingerprint density at radius 2 is 2.15 bits per heavy atom. The third-order valence-electron chi connectivity index (χ3n) is 2.99. The lowest BCUT2D eigenvalue weighted by Gasteiger charge is -2.09. The first-order valence-corrected chi connectivity index (χ1v) is 5.77. The number of nitrogens with zero attached hydrogens (tertiary/aromatic N) is 3. The first kappa shape index (κ1) is 13.8. The predicted octanol–water partition coefficient (Wildman–Crippen LogP) is 0.813. The van der Waals surface area contributed by atoms with Crippen molar-refractivity contribution in [2.75, 3.05) is 12.8 Å². The smallest absolute Gasteiger partial charge is 0.294 e. The van der Waals surface area contributed by atoms with Gasteiger partial charge in [0.05, 0.1) is 22.9 Å². The molecule has 0 fully saturated rings. The number of nitro groups is 1. The van der Waals surface area contributed by atoms with Crippen LogP contribution in [0.25, 0.3) is 5.69 Å². The number of benzene rings is 1. The molecular weight excluding hydrogens is 264 g/mol. The third-order valence-corrected chi connectivity index (χ3v) is 2.99. The molecule has 0 bridgehead atoms. The minimum atomic E-state index is -0.517. The molecule has 20 heavy (non-hydrogen) atoms. The molecule has 1 heterocycles. The SMILES string of the molecule is COCc1c(N)c(=O)n(-c2cccc([N+](=O)[O-])c2)n1C. The van der Waals surface area contributed by atoms with Crippen molar-refractivity contribution < 1.29 is 9.66 Å². The van der Waals surface area contributed by atoms with Gasteiger partial charge in [-0.2, -0.15) is 0 Å². The monoisotopic (exact) mass is 278 g/mol. The Balaban J connectivity index is 2.64. The number of rotatable bonds is 4. The molecule has 0 saturated carbocycles. The number of nitrogens with two attached hydrogens (primary N) is 1. The van der Waals surface area contributed by atoms with E-state index in [0.717, 1.165) is 0 Å². The van der Waals surface area contributed by atoms with Gasteiger partial charge in [0.2, 0.25) is 0 Å². The van der Waals surface area contributed by atoms with E-state index >= 15 is 0 Å². The molecule has 0 spiro atoms. The van der Waals surface area contributed by atoms with Crippen LogP contribution in [0, 0.1) is 10.1 Å². The number of methoxy groups -OCH3 is 1. The molecule has 0 aliphatic carbocycles. The maximum Gasteiger partial charge on any atom is 0.294 e. The molecule has 106 valence electrons. The second-order valence-corrected chi connectivity index (χ2v) is 4.21. The first-order chi connectivity index (χ1) is 9.47. The average Bonchev–Trinajstić information content (AvgIpc) is 2.63. The molecule has 0 aliphatic rings. The Labute approximate surface area is 114 Å². The van der Waals surface area contributed by atoms with E-state index in [4.69, 9.17) is 10.5 Å². The zero-order chi connectivity index (χ0) is 14.9. The summed E-state index contributed by atoms with van der Waals surface area (Å²) in [4.78, 5) is 22.4. The van der Waals surface area contributed by atoms with E-state index < -0.39 is 10.5 Å². The average molecular weight is 278 g/mol. The topological polar surface area (TPSA) is 105 Å². The van der Waals surface area contributed by atoms with Crippen molar-refractivity contribution in [1.29, 1.82) is 0 Å². The van der Waals surface area contributed by atoms with Crippen molar-refractivity contribution in [3.63, 3.8) is 0 Å². The molecule has 0 radical (unpaired) electrons. The minimum Gasteiger partial charge on any atom is -0.393 e. The van der Waals surface area contributed by atoms with Crippen molar-refractivity contribution in [3.8, 4) is 5.69 Å². The Bertz CT molecular complexity index is 717. The number of nitrogen functional groups attached to an aromatic ring is 1. The number of anilines is 1. The zero-order valence-corrected chi connectivity index (χ0v) is 11.1. The molecule has 0 atom stereocenters. The molecule has 0 unspecified atom stereocenters. The highest BCUT2D eigenvalue weighted by Gasteiger charge is 2.17. The summed E-state index contributed by atoms with van der Waals surface area (Å²) in [7, 11) is 3.14. The van der Waals surface area contributed by atoms with E-state index in [9.17, 15) is 14.9 Å². The van der Waals surface area contributed by atoms with E-state index in [0.29, 0.717) is 11.4 Å².